The van der Waals surface area contributed by atoms with Crippen LogP contribution in [0.25, 0.3) is 0 Å². The van der Waals surface area contributed by atoms with Gasteiger partial charge in [-0.2, -0.15) is 0 Å². The topological polar surface area (TPSA) is 113 Å². The Labute approximate surface area is 174 Å². The predicted molar refractivity (Wildman–Crippen MR) is 114 cm³/mol. The summed E-state index contributed by atoms with van der Waals surface area (Å²) in [4.78, 5) is 8.50. The molecule has 9 heteroatoms. The molecule has 156 valence electrons. The Morgan fingerprint density at radius 2 is 1.77 bits per heavy atom. The first-order valence-electron chi connectivity index (χ1n) is 9.40. The molecule has 0 radical (unpaired) electrons. The molecule has 3 aromatic rings. The van der Waals surface area contributed by atoms with E-state index in [9.17, 15) is 0 Å². The van der Waals surface area contributed by atoms with Crippen LogP contribution < -0.4 is 35.3 Å². The molecule has 1 aliphatic rings. The van der Waals surface area contributed by atoms with Crippen LogP contribution in [-0.4, -0.2) is 37.5 Å². The second kappa shape index (κ2) is 8.64. The van der Waals surface area contributed by atoms with E-state index in [1.54, 1.807) is 14.2 Å². The van der Waals surface area contributed by atoms with Gasteiger partial charge in [0.25, 0.3) is 0 Å². The number of nitrogens with one attached hydrogen (secondary N) is 2. The normalized spacial score (nSPS) is 11.8. The van der Waals surface area contributed by atoms with E-state index in [2.05, 4.69) is 20.6 Å². The molecule has 30 heavy (non-hydrogen) atoms. The number of methoxy groups -OCH3 is 2. The van der Waals surface area contributed by atoms with Gasteiger partial charge in [0.15, 0.2) is 34.6 Å². The van der Waals surface area contributed by atoms with Crippen molar-refractivity contribution < 1.29 is 18.9 Å². The minimum atomic E-state index is 0.225. The van der Waals surface area contributed by atoms with Crippen molar-refractivity contribution in [1.82, 2.24) is 9.97 Å². The quantitative estimate of drug-likeness (QED) is 0.516. The third-order valence-corrected chi connectivity index (χ3v) is 4.67. The van der Waals surface area contributed by atoms with Gasteiger partial charge in [0, 0.05) is 18.3 Å². The van der Waals surface area contributed by atoms with Crippen LogP contribution in [0.1, 0.15) is 5.56 Å². The number of nitrogens with zero attached hydrogens (tertiary/aromatic N) is 2. The van der Waals surface area contributed by atoms with Crippen molar-refractivity contribution in [2.75, 3.05) is 43.9 Å². The Kier molecular flexibility index (Phi) is 5.60. The van der Waals surface area contributed by atoms with Crippen molar-refractivity contribution in [2.45, 2.75) is 6.42 Å². The molecule has 9 nitrogen and oxygen atoms in total. The summed E-state index contributed by atoms with van der Waals surface area (Å²) in [5.41, 5.74) is 8.59. The maximum absolute atomic E-state index is 6.26. The SMILES string of the molecule is COc1ccc(CCNc2ncnc(Nc3ccc4c(c3)OCO4)c2N)cc1OC. The molecule has 4 N–H and O–H groups in total. The highest BCUT2D eigenvalue weighted by Crippen LogP contribution is 2.36. The van der Waals surface area contributed by atoms with Crippen molar-refractivity contribution in [3.8, 4) is 23.0 Å². The second-order valence-electron chi connectivity index (χ2n) is 6.54. The lowest BCUT2D eigenvalue weighted by atomic mass is 10.1. The van der Waals surface area contributed by atoms with Crippen LogP contribution >= 0.6 is 0 Å². The lowest BCUT2D eigenvalue weighted by Gasteiger charge is -2.13. The molecule has 0 bridgehead atoms. The van der Waals surface area contributed by atoms with Crippen LogP contribution in [0.3, 0.4) is 0 Å². The highest BCUT2D eigenvalue weighted by Gasteiger charge is 2.15. The fourth-order valence-corrected chi connectivity index (χ4v) is 3.11. The minimum Gasteiger partial charge on any atom is -0.493 e. The molecule has 0 saturated heterocycles. The molecule has 0 unspecified atom stereocenters. The zero-order chi connectivity index (χ0) is 20.9. The van der Waals surface area contributed by atoms with Crippen LogP contribution in [0, 0.1) is 0 Å². The molecule has 0 fully saturated rings. The number of ether oxygens (including phenoxy) is 4. The summed E-state index contributed by atoms with van der Waals surface area (Å²) >= 11 is 0. The summed E-state index contributed by atoms with van der Waals surface area (Å²) in [5.74, 6) is 3.88. The number of benzene rings is 2. The molecular weight excluding hydrogens is 386 g/mol. The Morgan fingerprint density at radius 3 is 2.60 bits per heavy atom. The molecule has 2 aromatic carbocycles. The highest BCUT2D eigenvalue weighted by molar-refractivity contribution is 5.78. The van der Waals surface area contributed by atoms with E-state index < -0.39 is 0 Å². The average molecular weight is 409 g/mol. The summed E-state index contributed by atoms with van der Waals surface area (Å²) in [6, 6.07) is 11.4. The predicted octanol–water partition coefficient (Wildman–Crippen LogP) is 3.20. The summed E-state index contributed by atoms with van der Waals surface area (Å²) in [7, 11) is 3.24. The van der Waals surface area contributed by atoms with Gasteiger partial charge in [-0.05, 0) is 36.2 Å². The first-order chi connectivity index (χ1) is 14.7. The molecule has 1 aromatic heterocycles. The van der Waals surface area contributed by atoms with E-state index in [0.717, 1.165) is 17.7 Å². The van der Waals surface area contributed by atoms with Crippen molar-refractivity contribution in [2.24, 2.45) is 0 Å². The summed E-state index contributed by atoms with van der Waals surface area (Å²) in [5, 5.41) is 6.46. The van der Waals surface area contributed by atoms with Gasteiger partial charge >= 0.3 is 0 Å². The lowest BCUT2D eigenvalue weighted by molar-refractivity contribution is 0.174. The summed E-state index contributed by atoms with van der Waals surface area (Å²) in [6.07, 6.45) is 2.22. The van der Waals surface area contributed by atoms with E-state index in [-0.39, 0.29) is 6.79 Å². The van der Waals surface area contributed by atoms with Crippen LogP contribution in [-0.2, 0) is 6.42 Å². The number of nitrogens with two attached hydrogens (primary N) is 1. The smallest absolute Gasteiger partial charge is 0.231 e. The number of rotatable bonds is 8. The molecule has 0 spiro atoms. The van der Waals surface area contributed by atoms with Gasteiger partial charge in [0.05, 0.1) is 14.2 Å². The number of nitrogen functional groups attached to an aromatic ring is 1. The fraction of sp³-hybridized carbons (Fsp3) is 0.238. The van der Waals surface area contributed by atoms with Gasteiger partial charge in [-0.25, -0.2) is 9.97 Å². The lowest BCUT2D eigenvalue weighted by Crippen LogP contribution is -2.10. The standard InChI is InChI=1S/C21H23N5O4/c1-27-15-5-3-13(9-17(15)28-2)7-8-23-20-19(22)21(25-11-24-20)26-14-4-6-16-18(10-14)30-12-29-16/h3-6,9-11H,7-8,12,22H2,1-2H3,(H2,23,24,25,26). The average Bonchev–Trinajstić information content (AvgIpc) is 3.24. The van der Waals surface area contributed by atoms with E-state index in [0.29, 0.717) is 46.9 Å². The number of aromatic nitrogens is 2. The Balaban J connectivity index is 1.41. The van der Waals surface area contributed by atoms with E-state index in [1.807, 2.05) is 36.4 Å². The third-order valence-electron chi connectivity index (χ3n) is 4.67. The first-order valence-corrected chi connectivity index (χ1v) is 9.40. The van der Waals surface area contributed by atoms with Gasteiger partial charge in [0.2, 0.25) is 6.79 Å². The van der Waals surface area contributed by atoms with Gasteiger partial charge in [-0.1, -0.05) is 6.07 Å². The molecular formula is C21H23N5O4. The largest absolute Gasteiger partial charge is 0.493 e. The maximum atomic E-state index is 6.26. The molecule has 0 amide bonds. The third kappa shape index (κ3) is 4.09. The van der Waals surface area contributed by atoms with Crippen molar-refractivity contribution >= 4 is 23.0 Å². The second-order valence-corrected chi connectivity index (χ2v) is 6.54. The molecule has 4 rings (SSSR count). The first kappa shape index (κ1) is 19.4. The number of hydrogen-bond donors (Lipinski definition) is 3. The van der Waals surface area contributed by atoms with Gasteiger partial charge in [0.1, 0.15) is 12.0 Å². The monoisotopic (exact) mass is 409 g/mol. The molecule has 0 atom stereocenters. The van der Waals surface area contributed by atoms with Crippen LogP contribution in [0.15, 0.2) is 42.7 Å². The molecule has 1 aliphatic heterocycles. The van der Waals surface area contributed by atoms with Crippen LogP contribution in [0.4, 0.5) is 23.0 Å². The van der Waals surface area contributed by atoms with E-state index >= 15 is 0 Å². The van der Waals surface area contributed by atoms with Gasteiger partial charge < -0.3 is 35.3 Å². The van der Waals surface area contributed by atoms with Crippen LogP contribution in [0.5, 0.6) is 23.0 Å². The van der Waals surface area contributed by atoms with Crippen molar-refractivity contribution in [3.05, 3.63) is 48.3 Å². The maximum Gasteiger partial charge on any atom is 0.231 e. The summed E-state index contributed by atoms with van der Waals surface area (Å²) < 4.78 is 21.4. The Morgan fingerprint density at radius 1 is 0.967 bits per heavy atom. The van der Waals surface area contributed by atoms with Crippen molar-refractivity contribution in [3.63, 3.8) is 0 Å². The minimum absolute atomic E-state index is 0.225. The van der Waals surface area contributed by atoms with Gasteiger partial charge in [-0.15, -0.1) is 0 Å². The van der Waals surface area contributed by atoms with Crippen LogP contribution in [0.2, 0.25) is 0 Å². The Bertz CT molecular complexity index is 1040. The molecule has 0 saturated carbocycles. The number of anilines is 4. The zero-order valence-electron chi connectivity index (χ0n) is 16.8. The van der Waals surface area contributed by atoms with E-state index in [4.69, 9.17) is 24.7 Å². The molecule has 0 aliphatic carbocycles. The highest BCUT2D eigenvalue weighted by atomic mass is 16.7. The number of hydrogen-bond acceptors (Lipinski definition) is 9. The summed E-state index contributed by atoms with van der Waals surface area (Å²) in [6.45, 7) is 0.864. The number of fused-ring (bicyclic) bond motifs is 1. The zero-order valence-corrected chi connectivity index (χ0v) is 16.8. The fourth-order valence-electron chi connectivity index (χ4n) is 3.11. The van der Waals surface area contributed by atoms with Crippen molar-refractivity contribution in [1.29, 1.82) is 0 Å². The van der Waals surface area contributed by atoms with Gasteiger partial charge in [-0.3, -0.25) is 0 Å². The Hall–Kier alpha value is -3.88. The molecule has 2 heterocycles. The van der Waals surface area contributed by atoms with E-state index in [1.165, 1.54) is 6.33 Å².